The van der Waals surface area contributed by atoms with Crippen LogP contribution in [0.2, 0.25) is 0 Å². The highest BCUT2D eigenvalue weighted by Gasteiger charge is 2.45. The molecular weight excluding hydrogens is 376 g/mol. The molecule has 0 N–H and O–H groups in total. The number of amides is 1. The maximum atomic E-state index is 14.2. The third kappa shape index (κ3) is 4.57. The molecule has 0 bridgehead atoms. The van der Waals surface area contributed by atoms with Crippen molar-refractivity contribution >= 4 is 5.91 Å². The van der Waals surface area contributed by atoms with Gasteiger partial charge < -0.3 is 14.4 Å². The zero-order chi connectivity index (χ0) is 21.0. The predicted molar refractivity (Wildman–Crippen MR) is 116 cm³/mol. The third-order valence-corrected chi connectivity index (χ3v) is 6.34. The molecule has 160 valence electrons. The third-order valence-electron chi connectivity index (χ3n) is 6.34. The highest BCUT2D eigenvalue weighted by Crippen LogP contribution is 2.38. The van der Waals surface area contributed by atoms with Gasteiger partial charge >= 0.3 is 0 Å². The van der Waals surface area contributed by atoms with Gasteiger partial charge in [0.15, 0.2) is 0 Å². The Hall–Kier alpha value is -2.24. The van der Waals surface area contributed by atoms with Crippen LogP contribution in [0.4, 0.5) is 0 Å². The van der Waals surface area contributed by atoms with Gasteiger partial charge in [-0.15, -0.1) is 0 Å². The van der Waals surface area contributed by atoms with Gasteiger partial charge in [-0.1, -0.05) is 35.4 Å². The van der Waals surface area contributed by atoms with Crippen LogP contribution in [0.3, 0.4) is 0 Å². The maximum absolute atomic E-state index is 14.2. The molecule has 0 saturated carbocycles. The zero-order valence-corrected chi connectivity index (χ0v) is 18.1. The molecule has 2 aromatic rings. The molecule has 2 aliphatic heterocycles. The van der Waals surface area contributed by atoms with Crippen LogP contribution in [-0.2, 0) is 26.2 Å². The number of aromatic nitrogens is 1. The molecule has 2 aliphatic rings. The van der Waals surface area contributed by atoms with E-state index in [1.54, 1.807) is 6.20 Å². The van der Waals surface area contributed by atoms with Crippen molar-refractivity contribution in [1.29, 1.82) is 0 Å². The van der Waals surface area contributed by atoms with Crippen LogP contribution >= 0.6 is 0 Å². The number of aryl methyl sites for hydroxylation is 2. The molecule has 2 saturated heterocycles. The fourth-order valence-electron chi connectivity index (χ4n) is 4.84. The van der Waals surface area contributed by atoms with E-state index in [-0.39, 0.29) is 12.0 Å². The first-order valence-electron chi connectivity index (χ1n) is 11.0. The molecule has 0 spiro atoms. The molecule has 3 heterocycles. The van der Waals surface area contributed by atoms with Crippen LogP contribution in [0.25, 0.3) is 0 Å². The van der Waals surface area contributed by atoms with Crippen molar-refractivity contribution in [2.24, 2.45) is 0 Å². The van der Waals surface area contributed by atoms with Crippen molar-refractivity contribution in [3.63, 3.8) is 0 Å². The molecule has 5 heteroatoms. The fourth-order valence-corrected chi connectivity index (χ4v) is 4.84. The first kappa shape index (κ1) is 21.0. The molecule has 1 aromatic heterocycles. The molecule has 30 heavy (non-hydrogen) atoms. The van der Waals surface area contributed by atoms with E-state index in [2.05, 4.69) is 37.0 Å². The largest absolute Gasteiger partial charge is 0.381 e. The second kappa shape index (κ2) is 9.27. The van der Waals surface area contributed by atoms with Gasteiger partial charge in [0.1, 0.15) is 0 Å². The summed E-state index contributed by atoms with van der Waals surface area (Å²) in [4.78, 5) is 20.7. The summed E-state index contributed by atoms with van der Waals surface area (Å²) in [6.07, 6.45) is 5.38. The van der Waals surface area contributed by atoms with Gasteiger partial charge in [0.2, 0.25) is 5.91 Å². The Labute approximate surface area is 179 Å². The summed E-state index contributed by atoms with van der Waals surface area (Å²) in [6.45, 7) is 7.33. The van der Waals surface area contributed by atoms with Gasteiger partial charge in [-0.25, -0.2) is 0 Å². The van der Waals surface area contributed by atoms with E-state index in [0.29, 0.717) is 39.1 Å². The minimum absolute atomic E-state index is 0.105. The topological polar surface area (TPSA) is 51.7 Å². The van der Waals surface area contributed by atoms with Gasteiger partial charge in [0, 0.05) is 32.6 Å². The summed E-state index contributed by atoms with van der Waals surface area (Å²) in [5, 5.41) is 0. The lowest BCUT2D eigenvalue weighted by molar-refractivity contribution is -0.143. The average Bonchev–Trinajstić information content (AvgIpc) is 3.26. The zero-order valence-electron chi connectivity index (χ0n) is 18.1. The van der Waals surface area contributed by atoms with Gasteiger partial charge in [-0.2, -0.15) is 0 Å². The minimum atomic E-state index is -0.553. The van der Waals surface area contributed by atoms with Crippen molar-refractivity contribution in [2.75, 3.05) is 26.4 Å². The Morgan fingerprint density at radius 1 is 1.13 bits per heavy atom. The number of pyridine rings is 1. The van der Waals surface area contributed by atoms with E-state index >= 15 is 0 Å². The summed E-state index contributed by atoms with van der Waals surface area (Å²) in [7, 11) is 0. The van der Waals surface area contributed by atoms with Crippen molar-refractivity contribution in [3.05, 3.63) is 65.0 Å². The standard InChI is InChI=1S/C25H32N2O3/c1-19-14-20(2)16-21(15-19)25(8-12-29-13-9-25)24(28)27(18-23-7-5-11-30-23)17-22-6-3-4-10-26-22/h3-4,6,10,14-16,23H,5,7-9,11-13,17-18H2,1-2H3/t23-/m0/s1. The van der Waals surface area contributed by atoms with E-state index in [4.69, 9.17) is 9.47 Å². The van der Waals surface area contributed by atoms with Crippen molar-refractivity contribution in [2.45, 2.75) is 57.6 Å². The fraction of sp³-hybridized carbons (Fsp3) is 0.520. The number of carbonyl (C=O) groups excluding carboxylic acids is 1. The second-order valence-electron chi connectivity index (χ2n) is 8.71. The molecule has 5 nitrogen and oxygen atoms in total. The first-order chi connectivity index (χ1) is 14.6. The molecule has 1 amide bonds. The van der Waals surface area contributed by atoms with Gasteiger partial charge in [0.05, 0.1) is 23.8 Å². The van der Waals surface area contributed by atoms with Crippen LogP contribution in [0, 0.1) is 13.8 Å². The number of rotatable bonds is 6. The van der Waals surface area contributed by atoms with E-state index < -0.39 is 5.41 Å². The Kier molecular flexibility index (Phi) is 6.49. The van der Waals surface area contributed by atoms with Gasteiger partial charge in [-0.3, -0.25) is 9.78 Å². The van der Waals surface area contributed by atoms with Crippen LogP contribution in [0.5, 0.6) is 0 Å². The van der Waals surface area contributed by atoms with Crippen LogP contribution in [0.1, 0.15) is 48.1 Å². The van der Waals surface area contributed by atoms with Gasteiger partial charge in [0.25, 0.3) is 0 Å². The molecule has 1 atom stereocenters. The highest BCUT2D eigenvalue weighted by molar-refractivity contribution is 5.88. The lowest BCUT2D eigenvalue weighted by atomic mass is 9.72. The minimum Gasteiger partial charge on any atom is -0.381 e. The van der Waals surface area contributed by atoms with E-state index in [1.165, 1.54) is 11.1 Å². The summed E-state index contributed by atoms with van der Waals surface area (Å²) in [5.41, 5.74) is 3.86. The number of nitrogens with zero attached hydrogens (tertiary/aromatic N) is 2. The summed E-state index contributed by atoms with van der Waals surface area (Å²) in [6, 6.07) is 12.4. The maximum Gasteiger partial charge on any atom is 0.233 e. The number of hydrogen-bond acceptors (Lipinski definition) is 4. The SMILES string of the molecule is Cc1cc(C)cc(C2(C(=O)N(Cc3ccccn3)C[C@@H]3CCCO3)CCOCC2)c1. The Balaban J connectivity index is 1.69. The predicted octanol–water partition coefficient (Wildman–Crippen LogP) is 3.95. The highest BCUT2D eigenvalue weighted by atomic mass is 16.5. The lowest BCUT2D eigenvalue weighted by Gasteiger charge is -2.41. The molecular formula is C25H32N2O3. The summed E-state index contributed by atoms with van der Waals surface area (Å²) in [5.74, 6) is 0.178. The average molecular weight is 409 g/mol. The summed E-state index contributed by atoms with van der Waals surface area (Å²) < 4.78 is 11.6. The van der Waals surface area contributed by atoms with E-state index in [1.807, 2.05) is 23.1 Å². The number of carbonyl (C=O) groups is 1. The second-order valence-corrected chi connectivity index (χ2v) is 8.71. The van der Waals surface area contributed by atoms with E-state index in [0.717, 1.165) is 30.7 Å². The Morgan fingerprint density at radius 3 is 2.53 bits per heavy atom. The molecule has 1 aromatic carbocycles. The van der Waals surface area contributed by atoms with Crippen molar-refractivity contribution in [1.82, 2.24) is 9.88 Å². The molecule has 0 radical (unpaired) electrons. The van der Waals surface area contributed by atoms with Crippen molar-refractivity contribution < 1.29 is 14.3 Å². The van der Waals surface area contributed by atoms with Crippen LogP contribution < -0.4 is 0 Å². The smallest absolute Gasteiger partial charge is 0.233 e. The number of benzene rings is 1. The lowest BCUT2D eigenvalue weighted by Crippen LogP contribution is -2.51. The Morgan fingerprint density at radius 2 is 1.90 bits per heavy atom. The van der Waals surface area contributed by atoms with Gasteiger partial charge in [-0.05, 0) is 57.2 Å². The molecule has 0 unspecified atom stereocenters. The monoisotopic (exact) mass is 408 g/mol. The van der Waals surface area contributed by atoms with Crippen LogP contribution in [-0.4, -0.2) is 48.3 Å². The normalized spacial score (nSPS) is 20.8. The first-order valence-corrected chi connectivity index (χ1v) is 11.0. The molecule has 4 rings (SSSR count). The van der Waals surface area contributed by atoms with E-state index in [9.17, 15) is 4.79 Å². The number of ether oxygens (including phenoxy) is 2. The Bertz CT molecular complexity index is 836. The number of hydrogen-bond donors (Lipinski definition) is 0. The molecule has 0 aliphatic carbocycles. The van der Waals surface area contributed by atoms with Crippen LogP contribution in [0.15, 0.2) is 42.6 Å². The quantitative estimate of drug-likeness (QED) is 0.726. The van der Waals surface area contributed by atoms with Crippen molar-refractivity contribution in [3.8, 4) is 0 Å². The summed E-state index contributed by atoms with van der Waals surface area (Å²) >= 11 is 0. The molecule has 2 fully saturated rings.